The molecule has 0 aliphatic carbocycles. The van der Waals surface area contributed by atoms with Crippen molar-refractivity contribution < 1.29 is 12.8 Å². The van der Waals surface area contributed by atoms with Gasteiger partial charge in [-0.25, -0.2) is 12.8 Å². The first-order valence-corrected chi connectivity index (χ1v) is 8.11. The van der Waals surface area contributed by atoms with Crippen LogP contribution >= 0.6 is 0 Å². The molecule has 0 aromatic heterocycles. The Bertz CT molecular complexity index is 707. The predicted molar refractivity (Wildman–Crippen MR) is 82.5 cm³/mol. The van der Waals surface area contributed by atoms with Crippen LogP contribution in [0.2, 0.25) is 0 Å². The summed E-state index contributed by atoms with van der Waals surface area (Å²) in [6.45, 7) is 4.15. The Morgan fingerprint density at radius 1 is 0.952 bits per heavy atom. The third kappa shape index (κ3) is 3.24. The highest BCUT2D eigenvalue weighted by Gasteiger charge is 2.21. The van der Waals surface area contributed by atoms with E-state index in [1.165, 1.54) is 23.5 Å². The van der Waals surface area contributed by atoms with Gasteiger partial charge in [0.25, 0.3) is 10.0 Å². The van der Waals surface area contributed by atoms with E-state index in [4.69, 9.17) is 0 Å². The van der Waals surface area contributed by atoms with Crippen LogP contribution in [0.5, 0.6) is 0 Å². The highest BCUT2D eigenvalue weighted by molar-refractivity contribution is 7.92. The number of hydrogen-bond acceptors (Lipinski definition) is 2. The Kier molecular flexibility index (Phi) is 4.32. The molecule has 3 nitrogen and oxygen atoms in total. The molecule has 0 atom stereocenters. The molecule has 0 unspecified atom stereocenters. The molecule has 0 aliphatic heterocycles. The summed E-state index contributed by atoms with van der Waals surface area (Å²) in [5, 5.41) is 0. The summed E-state index contributed by atoms with van der Waals surface area (Å²) in [5.41, 5.74) is 1.72. The number of hydrogen-bond donors (Lipinski definition) is 0. The van der Waals surface area contributed by atoms with Crippen molar-refractivity contribution in [3.63, 3.8) is 0 Å². The van der Waals surface area contributed by atoms with Crippen LogP contribution in [0.25, 0.3) is 0 Å². The highest BCUT2D eigenvalue weighted by Crippen LogP contribution is 2.24. The second-order valence-electron chi connectivity index (χ2n) is 5.17. The molecule has 0 spiro atoms. The summed E-state index contributed by atoms with van der Waals surface area (Å²) in [5.74, 6) is -0.0732. The quantitative estimate of drug-likeness (QED) is 0.862. The first-order chi connectivity index (χ1) is 9.82. The van der Waals surface area contributed by atoms with Crippen molar-refractivity contribution >= 4 is 15.7 Å². The van der Waals surface area contributed by atoms with Crippen molar-refractivity contribution in [3.05, 3.63) is 59.9 Å². The van der Waals surface area contributed by atoms with E-state index in [1.807, 2.05) is 12.1 Å². The molecule has 0 amide bonds. The van der Waals surface area contributed by atoms with Gasteiger partial charge in [-0.2, -0.15) is 0 Å². The summed E-state index contributed by atoms with van der Waals surface area (Å²) < 4.78 is 39.0. The number of sulfonamides is 1. The lowest BCUT2D eigenvalue weighted by Gasteiger charge is -2.20. The van der Waals surface area contributed by atoms with Crippen LogP contribution in [0.15, 0.2) is 53.4 Å². The lowest BCUT2D eigenvalue weighted by Crippen LogP contribution is -2.26. The van der Waals surface area contributed by atoms with E-state index in [2.05, 4.69) is 13.8 Å². The molecule has 0 heterocycles. The molecule has 0 aliphatic rings. The summed E-state index contributed by atoms with van der Waals surface area (Å²) in [7, 11) is -2.19. The average Bonchev–Trinajstić information content (AvgIpc) is 2.47. The van der Waals surface area contributed by atoms with Gasteiger partial charge in [0.1, 0.15) is 5.82 Å². The van der Waals surface area contributed by atoms with Crippen LogP contribution in [-0.2, 0) is 10.0 Å². The van der Waals surface area contributed by atoms with Gasteiger partial charge in [-0.3, -0.25) is 4.31 Å². The number of anilines is 1. The van der Waals surface area contributed by atoms with Gasteiger partial charge in [0.2, 0.25) is 0 Å². The summed E-state index contributed by atoms with van der Waals surface area (Å²) in [6, 6.07) is 12.2. The topological polar surface area (TPSA) is 37.4 Å². The van der Waals surface area contributed by atoms with Gasteiger partial charge in [0, 0.05) is 7.05 Å². The van der Waals surface area contributed by atoms with Crippen molar-refractivity contribution in [2.24, 2.45) is 0 Å². The van der Waals surface area contributed by atoms with E-state index in [9.17, 15) is 12.8 Å². The third-order valence-corrected chi connectivity index (χ3v) is 5.20. The number of nitrogens with zero attached hydrogens (tertiary/aromatic N) is 1. The molecule has 0 saturated heterocycles. The Morgan fingerprint density at radius 2 is 1.48 bits per heavy atom. The zero-order chi connectivity index (χ0) is 15.6. The molecular formula is C16H18FNO2S. The van der Waals surface area contributed by atoms with Gasteiger partial charge >= 0.3 is 0 Å². The zero-order valence-corrected chi connectivity index (χ0v) is 13.1. The maximum atomic E-state index is 12.9. The molecule has 0 radical (unpaired) electrons. The van der Waals surface area contributed by atoms with E-state index >= 15 is 0 Å². The van der Waals surface area contributed by atoms with Crippen LogP contribution in [0, 0.1) is 5.82 Å². The lowest BCUT2D eigenvalue weighted by molar-refractivity contribution is 0.593. The van der Waals surface area contributed by atoms with Crippen LogP contribution in [0.4, 0.5) is 10.1 Å². The maximum Gasteiger partial charge on any atom is 0.264 e. The Hall–Kier alpha value is -1.88. The average molecular weight is 307 g/mol. The molecule has 5 heteroatoms. The van der Waals surface area contributed by atoms with E-state index in [0.29, 0.717) is 11.6 Å². The minimum absolute atomic E-state index is 0.0688. The summed E-state index contributed by atoms with van der Waals surface area (Å²) in [4.78, 5) is 0.0688. The molecule has 21 heavy (non-hydrogen) atoms. The standard InChI is InChI=1S/C16H18FNO2S/c1-12(2)13-4-8-15(9-5-13)18(3)21(19,20)16-10-6-14(17)7-11-16/h4-12H,1-3H3. The first kappa shape index (κ1) is 15.5. The van der Waals surface area contributed by atoms with E-state index in [1.54, 1.807) is 12.1 Å². The fraction of sp³-hybridized carbons (Fsp3) is 0.250. The molecule has 0 saturated carbocycles. The molecule has 2 aromatic rings. The monoisotopic (exact) mass is 307 g/mol. The Morgan fingerprint density at radius 3 is 1.95 bits per heavy atom. The fourth-order valence-corrected chi connectivity index (χ4v) is 3.17. The minimum Gasteiger partial charge on any atom is -0.269 e. The van der Waals surface area contributed by atoms with Crippen molar-refractivity contribution in [2.45, 2.75) is 24.7 Å². The molecule has 0 bridgehead atoms. The highest BCUT2D eigenvalue weighted by atomic mass is 32.2. The Balaban J connectivity index is 2.33. The second kappa shape index (κ2) is 5.85. The van der Waals surface area contributed by atoms with Crippen LogP contribution < -0.4 is 4.31 Å². The molecule has 0 N–H and O–H groups in total. The van der Waals surface area contributed by atoms with Crippen molar-refractivity contribution in [1.82, 2.24) is 0 Å². The number of benzene rings is 2. The van der Waals surface area contributed by atoms with Crippen molar-refractivity contribution in [3.8, 4) is 0 Å². The SMILES string of the molecule is CC(C)c1ccc(N(C)S(=O)(=O)c2ccc(F)cc2)cc1. The van der Waals surface area contributed by atoms with Crippen LogP contribution in [0.3, 0.4) is 0 Å². The zero-order valence-electron chi connectivity index (χ0n) is 12.2. The largest absolute Gasteiger partial charge is 0.269 e. The van der Waals surface area contributed by atoms with Gasteiger partial charge < -0.3 is 0 Å². The van der Waals surface area contributed by atoms with Gasteiger partial charge in [-0.05, 0) is 47.9 Å². The first-order valence-electron chi connectivity index (χ1n) is 6.67. The van der Waals surface area contributed by atoms with E-state index < -0.39 is 15.8 Å². The molecule has 2 rings (SSSR count). The predicted octanol–water partition coefficient (Wildman–Crippen LogP) is 3.77. The summed E-state index contributed by atoms with van der Waals surface area (Å²) >= 11 is 0. The van der Waals surface area contributed by atoms with E-state index in [0.717, 1.165) is 17.7 Å². The van der Waals surface area contributed by atoms with Crippen molar-refractivity contribution in [1.29, 1.82) is 0 Å². The van der Waals surface area contributed by atoms with E-state index in [-0.39, 0.29) is 4.90 Å². The van der Waals surface area contributed by atoms with Gasteiger partial charge in [0.05, 0.1) is 10.6 Å². The lowest BCUT2D eigenvalue weighted by atomic mass is 10.0. The fourth-order valence-electron chi connectivity index (χ4n) is 1.97. The van der Waals surface area contributed by atoms with Gasteiger partial charge in [0.15, 0.2) is 0 Å². The Labute approximate surface area is 125 Å². The summed E-state index contributed by atoms with van der Waals surface area (Å²) in [6.07, 6.45) is 0. The van der Waals surface area contributed by atoms with Crippen LogP contribution in [-0.4, -0.2) is 15.5 Å². The van der Waals surface area contributed by atoms with Gasteiger partial charge in [-0.1, -0.05) is 26.0 Å². The number of halogens is 1. The molecule has 2 aromatic carbocycles. The van der Waals surface area contributed by atoms with Crippen LogP contribution in [0.1, 0.15) is 25.3 Å². The molecule has 112 valence electrons. The maximum absolute atomic E-state index is 12.9. The second-order valence-corrected chi connectivity index (χ2v) is 7.14. The number of rotatable bonds is 4. The molecule has 0 fully saturated rings. The van der Waals surface area contributed by atoms with Crippen molar-refractivity contribution in [2.75, 3.05) is 11.4 Å². The third-order valence-electron chi connectivity index (χ3n) is 3.40. The minimum atomic E-state index is -3.68. The van der Waals surface area contributed by atoms with Gasteiger partial charge in [-0.15, -0.1) is 0 Å². The molecular weight excluding hydrogens is 289 g/mol. The smallest absolute Gasteiger partial charge is 0.264 e. The normalized spacial score (nSPS) is 11.7.